The molecule has 4 heteroatoms. The van der Waals surface area contributed by atoms with E-state index in [1.165, 1.54) is 29.0 Å². The van der Waals surface area contributed by atoms with Crippen LogP contribution in [0.4, 0.5) is 4.39 Å². The van der Waals surface area contributed by atoms with Crippen molar-refractivity contribution < 1.29 is 4.39 Å². The Labute approximate surface area is 146 Å². The van der Waals surface area contributed by atoms with Crippen molar-refractivity contribution in [3.63, 3.8) is 0 Å². The van der Waals surface area contributed by atoms with Crippen LogP contribution in [0, 0.1) is 5.82 Å². The quantitative estimate of drug-likeness (QED) is 0.776. The summed E-state index contributed by atoms with van der Waals surface area (Å²) >= 11 is 0. The summed E-state index contributed by atoms with van der Waals surface area (Å²) in [4.78, 5) is 4.15. The van der Waals surface area contributed by atoms with Crippen molar-refractivity contribution in [3.05, 3.63) is 72.6 Å². The smallest absolute Gasteiger partial charge is 0.123 e. The molecule has 0 saturated carbocycles. The third kappa shape index (κ3) is 3.01. The van der Waals surface area contributed by atoms with Gasteiger partial charge in [0.15, 0.2) is 0 Å². The second-order valence-electron chi connectivity index (χ2n) is 6.30. The van der Waals surface area contributed by atoms with Gasteiger partial charge in [-0.3, -0.25) is 4.98 Å². The molecule has 1 N–H and O–H groups in total. The molecule has 0 fully saturated rings. The van der Waals surface area contributed by atoms with E-state index in [-0.39, 0.29) is 5.82 Å². The number of benzene rings is 1. The maximum absolute atomic E-state index is 13.4. The predicted molar refractivity (Wildman–Crippen MR) is 99.5 cm³/mol. The van der Waals surface area contributed by atoms with Crippen molar-refractivity contribution in [3.8, 4) is 22.3 Å². The summed E-state index contributed by atoms with van der Waals surface area (Å²) in [5.74, 6) is -0.216. The summed E-state index contributed by atoms with van der Waals surface area (Å²) in [7, 11) is 2.08. The maximum Gasteiger partial charge on any atom is 0.123 e. The standard InChI is InChI=1S/C21H20FN3/c1-25-14-19(15-2-4-18(22)5-3-15)20(16-6-10-23-11-7-16)21(25)17-8-12-24-13-9-17/h2-8,10-11,14,24H,9,12-13H2,1H3. The van der Waals surface area contributed by atoms with Gasteiger partial charge in [0, 0.05) is 43.3 Å². The molecule has 1 aromatic carbocycles. The molecule has 1 aliphatic rings. The van der Waals surface area contributed by atoms with Gasteiger partial charge in [-0.05, 0) is 53.9 Å². The molecule has 25 heavy (non-hydrogen) atoms. The highest BCUT2D eigenvalue weighted by Gasteiger charge is 2.20. The molecule has 0 radical (unpaired) electrons. The second-order valence-corrected chi connectivity index (χ2v) is 6.30. The molecule has 0 atom stereocenters. The minimum atomic E-state index is -0.216. The Hall–Kier alpha value is -2.72. The van der Waals surface area contributed by atoms with E-state index in [0.29, 0.717) is 0 Å². The van der Waals surface area contributed by atoms with Crippen LogP contribution >= 0.6 is 0 Å². The zero-order valence-corrected chi connectivity index (χ0v) is 14.2. The topological polar surface area (TPSA) is 29.9 Å². The van der Waals surface area contributed by atoms with Gasteiger partial charge < -0.3 is 9.88 Å². The van der Waals surface area contributed by atoms with E-state index in [1.807, 2.05) is 36.7 Å². The predicted octanol–water partition coefficient (Wildman–Crippen LogP) is 4.27. The van der Waals surface area contributed by atoms with Gasteiger partial charge in [-0.2, -0.15) is 0 Å². The van der Waals surface area contributed by atoms with E-state index in [2.05, 4.69) is 34.2 Å². The first kappa shape index (κ1) is 15.8. The minimum absolute atomic E-state index is 0.216. The zero-order valence-electron chi connectivity index (χ0n) is 14.2. The fraction of sp³-hybridized carbons (Fsp3) is 0.190. The largest absolute Gasteiger partial charge is 0.350 e. The lowest BCUT2D eigenvalue weighted by molar-refractivity contribution is 0.628. The van der Waals surface area contributed by atoms with Gasteiger partial charge in [-0.25, -0.2) is 4.39 Å². The van der Waals surface area contributed by atoms with Crippen LogP contribution in [0.5, 0.6) is 0 Å². The number of pyridine rings is 1. The summed E-state index contributed by atoms with van der Waals surface area (Å²) < 4.78 is 15.6. The van der Waals surface area contributed by atoms with Crippen LogP contribution in [-0.4, -0.2) is 22.6 Å². The van der Waals surface area contributed by atoms with E-state index in [1.54, 1.807) is 0 Å². The van der Waals surface area contributed by atoms with E-state index >= 15 is 0 Å². The minimum Gasteiger partial charge on any atom is -0.350 e. The van der Waals surface area contributed by atoms with Gasteiger partial charge in [0.2, 0.25) is 0 Å². The molecule has 3 heterocycles. The zero-order chi connectivity index (χ0) is 17.2. The molecule has 0 amide bonds. The number of rotatable bonds is 3. The number of halogens is 1. The van der Waals surface area contributed by atoms with Crippen molar-refractivity contribution >= 4 is 5.57 Å². The van der Waals surface area contributed by atoms with Crippen LogP contribution in [0.2, 0.25) is 0 Å². The molecule has 0 saturated heterocycles. The van der Waals surface area contributed by atoms with Gasteiger partial charge in [0.1, 0.15) is 5.82 Å². The highest BCUT2D eigenvalue weighted by Crippen LogP contribution is 2.40. The number of nitrogens with zero attached hydrogens (tertiary/aromatic N) is 2. The van der Waals surface area contributed by atoms with Gasteiger partial charge in [0.05, 0.1) is 5.69 Å². The number of aromatic nitrogens is 2. The Kier molecular flexibility index (Phi) is 4.20. The molecule has 3 aromatic rings. The molecule has 0 aliphatic carbocycles. The normalized spacial score (nSPS) is 14.4. The van der Waals surface area contributed by atoms with Crippen molar-refractivity contribution in [1.29, 1.82) is 0 Å². The molecule has 1 aliphatic heterocycles. The van der Waals surface area contributed by atoms with Crippen LogP contribution in [0.25, 0.3) is 27.8 Å². The van der Waals surface area contributed by atoms with Crippen LogP contribution < -0.4 is 5.32 Å². The Morgan fingerprint density at radius 3 is 2.48 bits per heavy atom. The molecule has 0 unspecified atom stereocenters. The molecule has 0 spiro atoms. The summed E-state index contributed by atoms with van der Waals surface area (Å²) in [6.07, 6.45) is 9.03. The first-order chi connectivity index (χ1) is 12.2. The Morgan fingerprint density at radius 1 is 1.04 bits per heavy atom. The van der Waals surface area contributed by atoms with E-state index in [4.69, 9.17) is 0 Å². The number of hydrogen-bond acceptors (Lipinski definition) is 2. The van der Waals surface area contributed by atoms with Crippen LogP contribution in [0.3, 0.4) is 0 Å². The molecule has 4 rings (SSSR count). The SMILES string of the molecule is Cn1cc(-c2ccc(F)cc2)c(-c2ccncc2)c1C1=CCNCC1. The fourth-order valence-corrected chi connectivity index (χ4v) is 3.51. The molecular weight excluding hydrogens is 313 g/mol. The fourth-order valence-electron chi connectivity index (χ4n) is 3.51. The van der Waals surface area contributed by atoms with E-state index in [9.17, 15) is 4.39 Å². The Morgan fingerprint density at radius 2 is 1.80 bits per heavy atom. The molecule has 0 bridgehead atoms. The summed E-state index contributed by atoms with van der Waals surface area (Å²) in [5.41, 5.74) is 7.02. The van der Waals surface area contributed by atoms with Crippen molar-refractivity contribution in [2.75, 3.05) is 13.1 Å². The average Bonchev–Trinajstić information content (AvgIpc) is 3.01. The number of nitrogens with one attached hydrogen (secondary N) is 1. The Bertz CT molecular complexity index is 908. The van der Waals surface area contributed by atoms with Gasteiger partial charge >= 0.3 is 0 Å². The first-order valence-electron chi connectivity index (χ1n) is 8.50. The highest BCUT2D eigenvalue weighted by molar-refractivity contribution is 5.92. The van der Waals surface area contributed by atoms with E-state index in [0.717, 1.165) is 36.2 Å². The third-order valence-corrected chi connectivity index (χ3v) is 4.67. The first-order valence-corrected chi connectivity index (χ1v) is 8.50. The second kappa shape index (κ2) is 6.65. The lowest BCUT2D eigenvalue weighted by atomic mass is 9.93. The number of hydrogen-bond donors (Lipinski definition) is 1. The molecule has 2 aromatic heterocycles. The van der Waals surface area contributed by atoms with Crippen molar-refractivity contribution in [2.45, 2.75) is 6.42 Å². The van der Waals surface area contributed by atoms with Crippen molar-refractivity contribution in [1.82, 2.24) is 14.9 Å². The summed E-state index contributed by atoms with van der Waals surface area (Å²) in [5, 5.41) is 3.37. The molecular formula is C21H20FN3. The van der Waals surface area contributed by atoms with Crippen molar-refractivity contribution in [2.24, 2.45) is 7.05 Å². The summed E-state index contributed by atoms with van der Waals surface area (Å²) in [6.45, 7) is 1.88. The lowest BCUT2D eigenvalue weighted by Crippen LogP contribution is -2.20. The molecule has 126 valence electrons. The highest BCUT2D eigenvalue weighted by atomic mass is 19.1. The maximum atomic E-state index is 13.4. The average molecular weight is 333 g/mol. The van der Waals surface area contributed by atoms with Gasteiger partial charge in [-0.15, -0.1) is 0 Å². The van der Waals surface area contributed by atoms with Crippen LogP contribution in [-0.2, 0) is 7.05 Å². The van der Waals surface area contributed by atoms with Gasteiger partial charge in [0.25, 0.3) is 0 Å². The van der Waals surface area contributed by atoms with Crippen LogP contribution in [0.15, 0.2) is 61.1 Å². The number of aryl methyl sites for hydroxylation is 1. The third-order valence-electron chi connectivity index (χ3n) is 4.67. The monoisotopic (exact) mass is 333 g/mol. The van der Waals surface area contributed by atoms with Gasteiger partial charge in [-0.1, -0.05) is 18.2 Å². The summed E-state index contributed by atoms with van der Waals surface area (Å²) in [6, 6.07) is 10.8. The van der Waals surface area contributed by atoms with Crippen LogP contribution in [0.1, 0.15) is 12.1 Å². The lowest BCUT2D eigenvalue weighted by Gasteiger charge is -2.17. The molecule has 3 nitrogen and oxygen atoms in total. The van der Waals surface area contributed by atoms with E-state index < -0.39 is 0 Å². The Balaban J connectivity index is 1.96.